The molecule has 0 spiro atoms. The smallest absolute Gasteiger partial charge is 0.270 e. The highest BCUT2D eigenvalue weighted by molar-refractivity contribution is 7.09. The van der Waals surface area contributed by atoms with E-state index in [1.54, 1.807) is 35.7 Å². The number of amides is 1. The summed E-state index contributed by atoms with van der Waals surface area (Å²) in [4.78, 5) is 20.5. The topological polar surface area (TPSA) is 54.9 Å². The monoisotopic (exact) mass is 275 g/mol. The summed E-state index contributed by atoms with van der Waals surface area (Å²) in [5.74, 6) is 0.240. The van der Waals surface area contributed by atoms with Gasteiger partial charge in [-0.25, -0.2) is 4.98 Å². The van der Waals surface area contributed by atoms with Crippen LogP contribution in [0.1, 0.15) is 53.9 Å². The van der Waals surface area contributed by atoms with Gasteiger partial charge in [-0.1, -0.05) is 19.9 Å². The van der Waals surface area contributed by atoms with Gasteiger partial charge in [-0.3, -0.25) is 9.78 Å². The second-order valence-corrected chi connectivity index (χ2v) is 5.57. The third kappa shape index (κ3) is 3.38. The van der Waals surface area contributed by atoms with Gasteiger partial charge in [-0.05, 0) is 19.1 Å². The first-order valence-electron chi connectivity index (χ1n) is 6.25. The molecular formula is C14H17N3OS. The van der Waals surface area contributed by atoms with Gasteiger partial charge in [0.15, 0.2) is 0 Å². The molecule has 19 heavy (non-hydrogen) atoms. The van der Waals surface area contributed by atoms with E-state index in [9.17, 15) is 4.79 Å². The van der Waals surface area contributed by atoms with E-state index in [1.807, 2.05) is 12.3 Å². The molecule has 1 amide bonds. The Morgan fingerprint density at radius 3 is 2.68 bits per heavy atom. The summed E-state index contributed by atoms with van der Waals surface area (Å²) >= 11 is 1.63. The van der Waals surface area contributed by atoms with E-state index in [-0.39, 0.29) is 11.9 Å². The Balaban J connectivity index is 2.04. The Morgan fingerprint density at radius 1 is 1.32 bits per heavy atom. The second-order valence-electron chi connectivity index (χ2n) is 4.68. The summed E-state index contributed by atoms with van der Waals surface area (Å²) in [7, 11) is 0. The molecule has 0 aromatic carbocycles. The van der Waals surface area contributed by atoms with Gasteiger partial charge in [0.2, 0.25) is 0 Å². The molecule has 0 saturated heterocycles. The summed E-state index contributed by atoms with van der Waals surface area (Å²) < 4.78 is 0. The number of nitrogens with one attached hydrogen (secondary N) is 1. The van der Waals surface area contributed by atoms with Crippen molar-refractivity contribution in [3.05, 3.63) is 46.2 Å². The van der Waals surface area contributed by atoms with Crippen molar-refractivity contribution < 1.29 is 4.79 Å². The average molecular weight is 275 g/mol. The lowest BCUT2D eigenvalue weighted by Crippen LogP contribution is -2.27. The number of hydrogen-bond acceptors (Lipinski definition) is 4. The summed E-state index contributed by atoms with van der Waals surface area (Å²) in [5, 5.41) is 6.00. The number of carbonyl (C=O) groups excluding carboxylic acids is 1. The number of hydrogen-bond donors (Lipinski definition) is 1. The molecule has 0 bridgehead atoms. The number of rotatable bonds is 4. The lowest BCUT2D eigenvalue weighted by molar-refractivity contribution is 0.0934. The fraction of sp³-hybridized carbons (Fsp3) is 0.357. The first kappa shape index (κ1) is 13.7. The van der Waals surface area contributed by atoms with Crippen LogP contribution in [-0.2, 0) is 0 Å². The lowest BCUT2D eigenvalue weighted by Gasteiger charge is -2.11. The van der Waals surface area contributed by atoms with Crippen LogP contribution in [0.5, 0.6) is 0 Å². The van der Waals surface area contributed by atoms with Crippen molar-refractivity contribution in [2.75, 3.05) is 0 Å². The highest BCUT2D eigenvalue weighted by Crippen LogP contribution is 2.22. The Hall–Kier alpha value is -1.75. The average Bonchev–Trinajstić information content (AvgIpc) is 2.89. The predicted octanol–water partition coefficient (Wildman–Crippen LogP) is 3.15. The molecule has 2 rings (SSSR count). The minimum absolute atomic E-state index is 0.113. The SMILES string of the molecule is CC(C)c1nc([C@H](C)NC(=O)c2ccccn2)cs1. The van der Waals surface area contributed by atoms with E-state index in [0.717, 1.165) is 10.7 Å². The van der Waals surface area contributed by atoms with Gasteiger partial charge < -0.3 is 5.32 Å². The van der Waals surface area contributed by atoms with Crippen molar-refractivity contribution in [2.24, 2.45) is 0 Å². The van der Waals surface area contributed by atoms with Gasteiger partial charge >= 0.3 is 0 Å². The lowest BCUT2D eigenvalue weighted by atomic mass is 10.2. The molecule has 1 N–H and O–H groups in total. The molecule has 0 aliphatic rings. The highest BCUT2D eigenvalue weighted by Gasteiger charge is 2.15. The molecule has 100 valence electrons. The third-order valence-electron chi connectivity index (χ3n) is 2.72. The molecule has 2 aromatic heterocycles. The van der Waals surface area contributed by atoms with Crippen LogP contribution >= 0.6 is 11.3 Å². The summed E-state index contributed by atoms with van der Waals surface area (Å²) in [6.45, 7) is 6.15. The normalized spacial score (nSPS) is 12.4. The number of pyridine rings is 1. The first-order valence-corrected chi connectivity index (χ1v) is 7.13. The van der Waals surface area contributed by atoms with Crippen LogP contribution in [0.3, 0.4) is 0 Å². The van der Waals surface area contributed by atoms with Crippen LogP contribution in [0.15, 0.2) is 29.8 Å². The molecule has 2 aromatic rings. The molecule has 0 fully saturated rings. The Morgan fingerprint density at radius 2 is 2.11 bits per heavy atom. The zero-order valence-corrected chi connectivity index (χ0v) is 12.1. The zero-order valence-electron chi connectivity index (χ0n) is 11.3. The predicted molar refractivity (Wildman–Crippen MR) is 76.3 cm³/mol. The Kier molecular flexibility index (Phi) is 4.27. The fourth-order valence-corrected chi connectivity index (χ4v) is 2.53. The minimum Gasteiger partial charge on any atom is -0.343 e. The van der Waals surface area contributed by atoms with Gasteiger partial charge in [0.05, 0.1) is 16.7 Å². The Bertz CT molecular complexity index is 551. The molecular weight excluding hydrogens is 258 g/mol. The minimum atomic E-state index is -0.174. The van der Waals surface area contributed by atoms with Crippen molar-refractivity contribution in [1.82, 2.24) is 15.3 Å². The molecule has 5 heteroatoms. The van der Waals surface area contributed by atoms with E-state index >= 15 is 0 Å². The van der Waals surface area contributed by atoms with Gasteiger partial charge in [0, 0.05) is 17.5 Å². The van der Waals surface area contributed by atoms with E-state index in [2.05, 4.69) is 29.1 Å². The van der Waals surface area contributed by atoms with Gasteiger partial charge in [-0.2, -0.15) is 0 Å². The molecule has 1 atom stereocenters. The maximum absolute atomic E-state index is 12.0. The zero-order chi connectivity index (χ0) is 13.8. The summed E-state index contributed by atoms with van der Waals surface area (Å²) in [6.07, 6.45) is 1.61. The molecule has 0 unspecified atom stereocenters. The fourth-order valence-electron chi connectivity index (χ4n) is 1.61. The second kappa shape index (κ2) is 5.93. The number of thiazole rings is 1. The van der Waals surface area contributed by atoms with Crippen LogP contribution in [0.2, 0.25) is 0 Å². The first-order chi connectivity index (χ1) is 9.08. The van der Waals surface area contributed by atoms with Crippen molar-refractivity contribution in [3.8, 4) is 0 Å². The summed E-state index contributed by atoms with van der Waals surface area (Å²) in [5.41, 5.74) is 1.33. The van der Waals surface area contributed by atoms with Gasteiger partial charge in [0.25, 0.3) is 5.91 Å². The Labute approximate surface area is 116 Å². The van der Waals surface area contributed by atoms with E-state index in [4.69, 9.17) is 0 Å². The quantitative estimate of drug-likeness (QED) is 0.932. The summed E-state index contributed by atoms with van der Waals surface area (Å²) in [6, 6.07) is 5.17. The molecule has 0 aliphatic heterocycles. The number of aromatic nitrogens is 2. The van der Waals surface area contributed by atoms with E-state index < -0.39 is 0 Å². The van der Waals surface area contributed by atoms with E-state index in [1.165, 1.54) is 0 Å². The van der Waals surface area contributed by atoms with Crippen LogP contribution in [0.4, 0.5) is 0 Å². The largest absolute Gasteiger partial charge is 0.343 e. The maximum atomic E-state index is 12.0. The highest BCUT2D eigenvalue weighted by atomic mass is 32.1. The standard InChI is InChI=1S/C14H17N3OS/c1-9(2)14-17-12(8-19-14)10(3)16-13(18)11-6-4-5-7-15-11/h4-10H,1-3H3,(H,16,18)/t10-/m0/s1. The van der Waals surface area contributed by atoms with Gasteiger partial charge in [0.1, 0.15) is 5.69 Å². The van der Waals surface area contributed by atoms with Crippen molar-refractivity contribution in [3.63, 3.8) is 0 Å². The van der Waals surface area contributed by atoms with E-state index in [0.29, 0.717) is 11.6 Å². The van der Waals surface area contributed by atoms with Crippen molar-refractivity contribution in [2.45, 2.75) is 32.7 Å². The maximum Gasteiger partial charge on any atom is 0.270 e. The van der Waals surface area contributed by atoms with Crippen LogP contribution in [0.25, 0.3) is 0 Å². The van der Waals surface area contributed by atoms with Crippen molar-refractivity contribution in [1.29, 1.82) is 0 Å². The molecule has 0 radical (unpaired) electrons. The molecule has 0 aliphatic carbocycles. The third-order valence-corrected chi connectivity index (χ3v) is 3.89. The van der Waals surface area contributed by atoms with Gasteiger partial charge in [-0.15, -0.1) is 11.3 Å². The molecule has 4 nitrogen and oxygen atoms in total. The number of carbonyl (C=O) groups is 1. The van der Waals surface area contributed by atoms with Crippen LogP contribution in [0, 0.1) is 0 Å². The van der Waals surface area contributed by atoms with Crippen molar-refractivity contribution >= 4 is 17.2 Å². The van der Waals surface area contributed by atoms with Crippen LogP contribution in [-0.4, -0.2) is 15.9 Å². The number of nitrogens with zero attached hydrogens (tertiary/aromatic N) is 2. The molecule has 0 saturated carbocycles. The molecule has 2 heterocycles. The van der Waals surface area contributed by atoms with Crippen LogP contribution < -0.4 is 5.32 Å².